The number of aliphatic hydroxyl groups excluding tert-OH is 1. The molecule has 0 spiro atoms. The zero-order chi connectivity index (χ0) is 23.0. The van der Waals surface area contributed by atoms with Crippen molar-refractivity contribution in [1.29, 1.82) is 0 Å². The van der Waals surface area contributed by atoms with Crippen LogP contribution in [0.15, 0.2) is 23.2 Å². The van der Waals surface area contributed by atoms with Gasteiger partial charge in [0, 0.05) is 20.0 Å². The number of amides is 3. The van der Waals surface area contributed by atoms with E-state index in [1.807, 2.05) is 0 Å². The summed E-state index contributed by atoms with van der Waals surface area (Å²) in [5, 5.41) is 43.7. The van der Waals surface area contributed by atoms with Gasteiger partial charge in [-0.3, -0.25) is 19.6 Å². The van der Waals surface area contributed by atoms with E-state index in [2.05, 4.69) is 15.6 Å². The van der Waals surface area contributed by atoms with Crippen LogP contribution in [0.25, 0.3) is 0 Å². The van der Waals surface area contributed by atoms with Crippen LogP contribution in [-0.2, 0) is 19.1 Å². The largest absolute Gasteiger partial charge is 0.504 e. The van der Waals surface area contributed by atoms with E-state index in [0.717, 1.165) is 0 Å². The second-order valence-corrected chi connectivity index (χ2v) is 6.82. The van der Waals surface area contributed by atoms with E-state index < -0.39 is 42.2 Å². The summed E-state index contributed by atoms with van der Waals surface area (Å²) in [6.07, 6.45) is 0.922. The molecule has 12 heteroatoms. The number of nitrogens with zero attached hydrogens (tertiary/aromatic N) is 2. The minimum Gasteiger partial charge on any atom is -0.504 e. The van der Waals surface area contributed by atoms with Gasteiger partial charge in [-0.05, 0) is 25.0 Å². The van der Waals surface area contributed by atoms with Crippen molar-refractivity contribution in [3.63, 3.8) is 0 Å². The van der Waals surface area contributed by atoms with Crippen molar-refractivity contribution < 1.29 is 39.6 Å². The minimum absolute atomic E-state index is 0.0259. The van der Waals surface area contributed by atoms with Crippen molar-refractivity contribution in [2.45, 2.75) is 31.8 Å². The Hall–Kier alpha value is -3.38. The predicted molar refractivity (Wildman–Crippen MR) is 106 cm³/mol. The van der Waals surface area contributed by atoms with Gasteiger partial charge in [0.1, 0.15) is 12.6 Å². The highest BCUT2D eigenvalue weighted by atomic mass is 16.5. The third-order valence-electron chi connectivity index (χ3n) is 4.47. The minimum atomic E-state index is -1.20. The molecule has 0 saturated carbocycles. The predicted octanol–water partition coefficient (Wildman–Crippen LogP) is -1.15. The highest BCUT2D eigenvalue weighted by molar-refractivity contribution is 6.01. The monoisotopic (exact) mass is 438 g/mol. The highest BCUT2D eigenvalue weighted by Crippen LogP contribution is 2.30. The number of para-hydroxylation sites is 1. The number of aliphatic imine (C=N–C) groups is 1. The molecule has 1 heterocycles. The summed E-state index contributed by atoms with van der Waals surface area (Å²) in [6.45, 7) is 0.809. The Labute approximate surface area is 178 Å². The number of phenols is 2. The molecule has 1 aliphatic heterocycles. The molecular formula is C19H26N4O8. The molecule has 0 saturated heterocycles. The van der Waals surface area contributed by atoms with E-state index in [9.17, 15) is 34.9 Å². The molecule has 1 aromatic rings. The molecule has 2 atom stereocenters. The Morgan fingerprint density at radius 3 is 2.71 bits per heavy atom. The molecule has 3 amide bonds. The number of rotatable bonds is 10. The van der Waals surface area contributed by atoms with Gasteiger partial charge in [-0.15, -0.1) is 0 Å². The van der Waals surface area contributed by atoms with E-state index in [4.69, 9.17) is 4.74 Å². The number of aromatic hydroxyl groups is 2. The first-order chi connectivity index (χ1) is 14.7. The first-order valence-electron chi connectivity index (χ1n) is 9.62. The summed E-state index contributed by atoms with van der Waals surface area (Å²) in [7, 11) is 0. The number of aliphatic hydroxyl groups is 1. The van der Waals surface area contributed by atoms with E-state index in [1.54, 1.807) is 0 Å². The van der Waals surface area contributed by atoms with Crippen molar-refractivity contribution in [3.05, 3.63) is 23.8 Å². The lowest BCUT2D eigenvalue weighted by atomic mass is 10.2. The van der Waals surface area contributed by atoms with E-state index in [1.165, 1.54) is 25.1 Å². The summed E-state index contributed by atoms with van der Waals surface area (Å²) < 4.78 is 5.32. The fraction of sp³-hybridized carbons (Fsp3) is 0.474. The molecule has 1 aromatic carbocycles. The number of ether oxygens (including phenoxy) is 1. The number of carbonyl (C=O) groups is 3. The van der Waals surface area contributed by atoms with Gasteiger partial charge in [-0.2, -0.15) is 0 Å². The summed E-state index contributed by atoms with van der Waals surface area (Å²) in [4.78, 5) is 39.5. The molecule has 31 heavy (non-hydrogen) atoms. The van der Waals surface area contributed by atoms with Gasteiger partial charge in [-0.1, -0.05) is 6.07 Å². The quantitative estimate of drug-likeness (QED) is 0.115. The average Bonchev–Trinajstić information content (AvgIpc) is 3.23. The molecular weight excluding hydrogens is 412 g/mol. The maximum Gasteiger partial charge on any atom is 0.249 e. The highest BCUT2D eigenvalue weighted by Gasteiger charge is 2.31. The number of unbranched alkanes of at least 4 members (excludes halogenated alkanes) is 1. The van der Waals surface area contributed by atoms with Crippen molar-refractivity contribution in [2.75, 3.05) is 26.3 Å². The molecule has 12 nitrogen and oxygen atoms in total. The van der Waals surface area contributed by atoms with Crippen LogP contribution < -0.4 is 10.6 Å². The third-order valence-corrected chi connectivity index (χ3v) is 4.47. The molecule has 170 valence electrons. The Bertz CT molecular complexity index is 844. The Morgan fingerprint density at radius 1 is 1.29 bits per heavy atom. The lowest BCUT2D eigenvalue weighted by Crippen LogP contribution is -2.51. The van der Waals surface area contributed by atoms with Crippen molar-refractivity contribution in [2.24, 2.45) is 4.99 Å². The molecule has 0 aromatic heterocycles. The van der Waals surface area contributed by atoms with Crippen LogP contribution in [0, 0.1) is 0 Å². The van der Waals surface area contributed by atoms with Crippen LogP contribution in [0.2, 0.25) is 0 Å². The van der Waals surface area contributed by atoms with Crippen LogP contribution in [0.5, 0.6) is 11.5 Å². The first kappa shape index (κ1) is 23.9. The molecule has 0 unspecified atom stereocenters. The van der Waals surface area contributed by atoms with E-state index >= 15 is 0 Å². The van der Waals surface area contributed by atoms with Crippen LogP contribution in [0.3, 0.4) is 0 Å². The number of carbonyl (C=O) groups excluding carboxylic acids is 3. The molecule has 6 N–H and O–H groups in total. The first-order valence-corrected chi connectivity index (χ1v) is 9.62. The van der Waals surface area contributed by atoms with Gasteiger partial charge in [0.25, 0.3) is 0 Å². The van der Waals surface area contributed by atoms with Gasteiger partial charge >= 0.3 is 0 Å². The second kappa shape index (κ2) is 11.1. The lowest BCUT2D eigenvalue weighted by Gasteiger charge is -2.17. The lowest BCUT2D eigenvalue weighted by molar-refractivity contribution is -0.162. The number of nitrogens with one attached hydrogen (secondary N) is 2. The second-order valence-electron chi connectivity index (χ2n) is 6.82. The molecule has 1 aliphatic rings. The maximum absolute atomic E-state index is 12.4. The normalized spacial score (nSPS) is 16.1. The van der Waals surface area contributed by atoms with Crippen LogP contribution in [0.4, 0.5) is 0 Å². The molecule has 0 aliphatic carbocycles. The summed E-state index contributed by atoms with van der Waals surface area (Å²) in [5.74, 6) is -2.54. The fourth-order valence-electron chi connectivity index (χ4n) is 2.70. The van der Waals surface area contributed by atoms with Gasteiger partial charge in [-0.25, -0.2) is 10.1 Å². The van der Waals surface area contributed by atoms with Crippen LogP contribution >= 0.6 is 0 Å². The third kappa shape index (κ3) is 6.55. The number of hydrogen-bond donors (Lipinski definition) is 6. The van der Waals surface area contributed by atoms with Gasteiger partial charge in [0.2, 0.25) is 23.6 Å². The summed E-state index contributed by atoms with van der Waals surface area (Å²) >= 11 is 0. The van der Waals surface area contributed by atoms with Crippen LogP contribution in [-0.4, -0.2) is 87.6 Å². The summed E-state index contributed by atoms with van der Waals surface area (Å²) in [5.41, 5.74) is 0.123. The molecule has 2 rings (SSSR count). The fourth-order valence-corrected chi connectivity index (χ4v) is 2.70. The van der Waals surface area contributed by atoms with Crippen molar-refractivity contribution in [3.8, 4) is 11.5 Å². The topological polar surface area (TPSA) is 181 Å². The Kier molecular flexibility index (Phi) is 8.58. The maximum atomic E-state index is 12.4. The zero-order valence-electron chi connectivity index (χ0n) is 16.9. The van der Waals surface area contributed by atoms with Gasteiger partial charge in [0.05, 0.1) is 12.2 Å². The van der Waals surface area contributed by atoms with Crippen LogP contribution in [0.1, 0.15) is 25.3 Å². The van der Waals surface area contributed by atoms with Gasteiger partial charge in [0.15, 0.2) is 17.5 Å². The number of benzene rings is 1. The van der Waals surface area contributed by atoms with Crippen molar-refractivity contribution >= 4 is 23.6 Å². The van der Waals surface area contributed by atoms with Gasteiger partial charge < -0.3 is 30.7 Å². The van der Waals surface area contributed by atoms with Crippen molar-refractivity contribution in [1.82, 2.24) is 15.7 Å². The number of hydroxylamine groups is 2. The standard InChI is InChI=1S/C19H26N4O8/c1-11(25)23(30)8-3-2-7-20-17(28)13(9-24)21-18(29)14-10-31-19(22-14)12-5-4-6-15(26)16(12)27/h4-6,13-14,24,26-27,30H,2-3,7-10H2,1H3,(H,20,28)(H,21,29)/t13-,14-/m0/s1. The number of hydrogen-bond acceptors (Lipinski definition) is 9. The molecule has 0 fully saturated rings. The molecule has 0 radical (unpaired) electrons. The number of phenolic OH excluding ortho intramolecular Hbond substituents is 2. The Balaban J connectivity index is 1.84. The average molecular weight is 438 g/mol. The molecule has 0 bridgehead atoms. The van der Waals surface area contributed by atoms with E-state index in [-0.39, 0.29) is 36.9 Å². The Morgan fingerprint density at radius 2 is 2.03 bits per heavy atom. The SMILES string of the molecule is CC(=O)N(O)CCCCNC(=O)[C@H](CO)NC(=O)[C@@H]1COC(c2cccc(O)c2O)=N1. The van der Waals surface area contributed by atoms with E-state index in [0.29, 0.717) is 17.9 Å². The smallest absolute Gasteiger partial charge is 0.249 e. The summed E-state index contributed by atoms with van der Waals surface area (Å²) in [6, 6.07) is 2.03. The zero-order valence-corrected chi connectivity index (χ0v) is 16.9.